The standard InChI is InChI=1S/C11H15F3N4O2/c12-11(13,14)7-20-5-3-15-9(19)8-6-18-4-1-2-16-10(18)17-8/h6H,1-5,7H2,(H,15,19)(H,16,17). The van der Waals surface area contributed by atoms with Crippen LogP contribution >= 0.6 is 0 Å². The van der Waals surface area contributed by atoms with Gasteiger partial charge in [0.15, 0.2) is 0 Å². The van der Waals surface area contributed by atoms with E-state index in [4.69, 9.17) is 0 Å². The van der Waals surface area contributed by atoms with Crippen LogP contribution in [0.3, 0.4) is 0 Å². The van der Waals surface area contributed by atoms with Crippen LogP contribution in [0, 0.1) is 0 Å². The molecule has 0 saturated carbocycles. The van der Waals surface area contributed by atoms with Gasteiger partial charge in [-0.25, -0.2) is 4.98 Å². The Kier molecular flexibility index (Phi) is 4.48. The molecule has 9 heteroatoms. The smallest absolute Gasteiger partial charge is 0.370 e. The topological polar surface area (TPSA) is 68.2 Å². The van der Waals surface area contributed by atoms with E-state index < -0.39 is 18.7 Å². The highest BCUT2D eigenvalue weighted by atomic mass is 19.4. The minimum absolute atomic E-state index is 0.00450. The molecule has 0 unspecified atom stereocenters. The van der Waals surface area contributed by atoms with Crippen LogP contribution in [0.4, 0.5) is 19.1 Å². The Balaban J connectivity index is 1.73. The number of carbonyl (C=O) groups is 1. The molecule has 0 aliphatic carbocycles. The molecule has 1 aromatic rings. The molecule has 0 radical (unpaired) electrons. The van der Waals surface area contributed by atoms with Crippen molar-refractivity contribution >= 4 is 11.9 Å². The van der Waals surface area contributed by atoms with Crippen LogP contribution in [-0.4, -0.2) is 47.9 Å². The number of nitrogens with one attached hydrogen (secondary N) is 2. The summed E-state index contributed by atoms with van der Waals surface area (Å²) in [6.45, 7) is 0.0911. The highest BCUT2D eigenvalue weighted by molar-refractivity contribution is 5.92. The van der Waals surface area contributed by atoms with Crippen LogP contribution in [0.25, 0.3) is 0 Å². The van der Waals surface area contributed by atoms with Crippen molar-refractivity contribution in [2.24, 2.45) is 0 Å². The van der Waals surface area contributed by atoms with Crippen molar-refractivity contribution < 1.29 is 22.7 Å². The number of ether oxygens (including phenoxy) is 1. The van der Waals surface area contributed by atoms with Crippen molar-refractivity contribution in [2.45, 2.75) is 19.1 Å². The van der Waals surface area contributed by atoms with Crippen molar-refractivity contribution in [3.8, 4) is 0 Å². The monoisotopic (exact) mass is 292 g/mol. The summed E-state index contributed by atoms with van der Waals surface area (Å²) in [6.07, 6.45) is -1.78. The number of imidazole rings is 1. The zero-order chi connectivity index (χ0) is 14.6. The van der Waals surface area contributed by atoms with Crippen molar-refractivity contribution in [1.82, 2.24) is 14.9 Å². The lowest BCUT2D eigenvalue weighted by Crippen LogP contribution is -2.29. The van der Waals surface area contributed by atoms with Crippen LogP contribution in [-0.2, 0) is 11.3 Å². The second-order valence-electron chi connectivity index (χ2n) is 4.35. The number of fused-ring (bicyclic) bond motifs is 1. The van der Waals surface area contributed by atoms with Crippen molar-refractivity contribution in [1.29, 1.82) is 0 Å². The predicted molar refractivity (Wildman–Crippen MR) is 64.5 cm³/mol. The van der Waals surface area contributed by atoms with Crippen molar-refractivity contribution in [3.05, 3.63) is 11.9 Å². The van der Waals surface area contributed by atoms with Gasteiger partial charge in [0.1, 0.15) is 12.3 Å². The number of aromatic nitrogens is 2. The minimum Gasteiger partial charge on any atom is -0.370 e. The highest BCUT2D eigenvalue weighted by Gasteiger charge is 2.27. The average Bonchev–Trinajstić information content (AvgIpc) is 2.80. The Bertz CT molecular complexity index is 449. The average molecular weight is 292 g/mol. The second kappa shape index (κ2) is 6.12. The highest BCUT2D eigenvalue weighted by Crippen LogP contribution is 2.14. The quantitative estimate of drug-likeness (QED) is 0.795. The van der Waals surface area contributed by atoms with Crippen LogP contribution in [0.5, 0.6) is 0 Å². The van der Waals surface area contributed by atoms with E-state index in [9.17, 15) is 18.0 Å². The normalized spacial score (nSPS) is 14.6. The predicted octanol–water partition coefficient (Wildman–Crippen LogP) is 1.01. The second-order valence-corrected chi connectivity index (χ2v) is 4.35. The number of rotatable bonds is 5. The lowest BCUT2D eigenvalue weighted by atomic mass is 10.4. The molecule has 1 aromatic heterocycles. The van der Waals surface area contributed by atoms with Crippen LogP contribution < -0.4 is 10.6 Å². The molecular formula is C11H15F3N4O2. The Morgan fingerprint density at radius 1 is 1.55 bits per heavy atom. The van der Waals surface area contributed by atoms with Gasteiger partial charge in [-0.15, -0.1) is 0 Å². The molecule has 1 amide bonds. The van der Waals surface area contributed by atoms with E-state index in [2.05, 4.69) is 20.4 Å². The lowest BCUT2D eigenvalue weighted by molar-refractivity contribution is -0.173. The fourth-order valence-electron chi connectivity index (χ4n) is 1.80. The molecular weight excluding hydrogens is 277 g/mol. The number of hydrogen-bond donors (Lipinski definition) is 2. The molecule has 1 aliphatic heterocycles. The van der Waals surface area contributed by atoms with E-state index in [1.807, 2.05) is 4.57 Å². The SMILES string of the molecule is O=C(NCCOCC(F)(F)F)c1cn2c(n1)NCCC2. The molecule has 0 bridgehead atoms. The fraction of sp³-hybridized carbons (Fsp3) is 0.636. The Labute approximate surface area is 113 Å². The first-order valence-electron chi connectivity index (χ1n) is 6.19. The van der Waals surface area contributed by atoms with Gasteiger partial charge >= 0.3 is 6.18 Å². The number of anilines is 1. The molecule has 0 aromatic carbocycles. The molecule has 0 fully saturated rings. The van der Waals surface area contributed by atoms with Gasteiger partial charge in [0.05, 0.1) is 6.61 Å². The number of halogens is 3. The molecule has 6 nitrogen and oxygen atoms in total. The first kappa shape index (κ1) is 14.6. The molecule has 0 saturated heterocycles. The van der Waals surface area contributed by atoms with Crippen molar-refractivity contribution in [3.63, 3.8) is 0 Å². The van der Waals surface area contributed by atoms with Gasteiger partial charge < -0.3 is 19.9 Å². The summed E-state index contributed by atoms with van der Waals surface area (Å²) >= 11 is 0. The Morgan fingerprint density at radius 3 is 3.05 bits per heavy atom. The summed E-state index contributed by atoms with van der Waals surface area (Å²) in [4.78, 5) is 15.8. The number of alkyl halides is 3. The van der Waals surface area contributed by atoms with Gasteiger partial charge in [-0.2, -0.15) is 13.2 Å². The molecule has 2 heterocycles. The third-order valence-corrected chi connectivity index (χ3v) is 2.67. The van der Waals surface area contributed by atoms with E-state index in [-0.39, 0.29) is 18.8 Å². The summed E-state index contributed by atoms with van der Waals surface area (Å²) in [5.74, 6) is 0.207. The fourth-order valence-corrected chi connectivity index (χ4v) is 1.80. The van der Waals surface area contributed by atoms with E-state index in [1.54, 1.807) is 6.20 Å². The minimum atomic E-state index is -4.35. The Morgan fingerprint density at radius 2 is 2.35 bits per heavy atom. The number of amides is 1. The first-order chi connectivity index (χ1) is 9.46. The maximum Gasteiger partial charge on any atom is 0.411 e. The number of nitrogens with zero attached hydrogens (tertiary/aromatic N) is 2. The summed E-state index contributed by atoms with van der Waals surface area (Å²) in [7, 11) is 0. The molecule has 1 aliphatic rings. The zero-order valence-electron chi connectivity index (χ0n) is 10.7. The molecule has 2 rings (SSSR count). The molecule has 20 heavy (non-hydrogen) atoms. The van der Waals surface area contributed by atoms with Crippen LogP contribution in [0.1, 0.15) is 16.9 Å². The number of hydrogen-bond acceptors (Lipinski definition) is 4. The van der Waals surface area contributed by atoms with E-state index in [1.165, 1.54) is 0 Å². The lowest BCUT2D eigenvalue weighted by Gasteiger charge is -2.14. The third-order valence-electron chi connectivity index (χ3n) is 2.67. The number of aryl methyl sites for hydroxylation is 1. The van der Waals surface area contributed by atoms with Gasteiger partial charge in [-0.3, -0.25) is 4.79 Å². The summed E-state index contributed by atoms with van der Waals surface area (Å²) in [6, 6.07) is 0. The van der Waals surface area contributed by atoms with Gasteiger partial charge in [0.2, 0.25) is 5.95 Å². The van der Waals surface area contributed by atoms with Crippen molar-refractivity contribution in [2.75, 3.05) is 31.6 Å². The van der Waals surface area contributed by atoms with Gasteiger partial charge in [-0.05, 0) is 6.42 Å². The zero-order valence-corrected chi connectivity index (χ0v) is 10.7. The molecule has 2 N–H and O–H groups in total. The van der Waals surface area contributed by atoms with Crippen LogP contribution in [0.15, 0.2) is 6.20 Å². The maximum absolute atomic E-state index is 11.8. The third kappa shape index (κ3) is 4.12. The summed E-state index contributed by atoms with van der Waals surface area (Å²) < 4.78 is 41.6. The summed E-state index contributed by atoms with van der Waals surface area (Å²) in [5.41, 5.74) is 0.241. The summed E-state index contributed by atoms with van der Waals surface area (Å²) in [5, 5.41) is 5.51. The molecule has 0 spiro atoms. The van der Waals surface area contributed by atoms with Gasteiger partial charge in [0.25, 0.3) is 5.91 Å². The maximum atomic E-state index is 11.8. The van der Waals surface area contributed by atoms with E-state index in [0.29, 0.717) is 5.95 Å². The number of carbonyl (C=O) groups excluding carboxylic acids is 1. The van der Waals surface area contributed by atoms with Crippen LogP contribution in [0.2, 0.25) is 0 Å². The van der Waals surface area contributed by atoms with E-state index >= 15 is 0 Å². The van der Waals surface area contributed by atoms with E-state index in [0.717, 1.165) is 19.5 Å². The van der Waals surface area contributed by atoms with Gasteiger partial charge in [-0.1, -0.05) is 0 Å². The Hall–Kier alpha value is -1.77. The molecule has 112 valence electrons. The first-order valence-corrected chi connectivity index (χ1v) is 6.19. The van der Waals surface area contributed by atoms with Gasteiger partial charge in [0, 0.05) is 25.8 Å². The molecule has 0 atom stereocenters. The largest absolute Gasteiger partial charge is 0.411 e.